The van der Waals surface area contributed by atoms with Crippen LogP contribution in [0.1, 0.15) is 11.1 Å². The van der Waals surface area contributed by atoms with Gasteiger partial charge in [-0.05, 0) is 53.9 Å². The van der Waals surface area contributed by atoms with Crippen LogP contribution < -0.4 is 4.90 Å². The van der Waals surface area contributed by atoms with Crippen molar-refractivity contribution in [2.45, 2.75) is 17.9 Å². The summed E-state index contributed by atoms with van der Waals surface area (Å²) in [6.45, 7) is 1.36. The van der Waals surface area contributed by atoms with Crippen LogP contribution in [-0.2, 0) is 23.2 Å². The Hall–Kier alpha value is -2.80. The van der Waals surface area contributed by atoms with Crippen LogP contribution in [0.3, 0.4) is 0 Å². The Balaban J connectivity index is 1.73. The average molecular weight is 371 g/mol. The number of hydrogen-bond acceptors (Lipinski definition) is 5. The van der Waals surface area contributed by atoms with Crippen LogP contribution in [0, 0.1) is 0 Å². The van der Waals surface area contributed by atoms with Crippen LogP contribution in [0.25, 0.3) is 0 Å². The predicted octanol–water partition coefficient (Wildman–Crippen LogP) is 3.38. The third-order valence-corrected chi connectivity index (χ3v) is 4.81. The van der Waals surface area contributed by atoms with Crippen LogP contribution in [0.5, 0.6) is 0 Å². The van der Waals surface area contributed by atoms with E-state index in [1.54, 1.807) is 30.7 Å². The van der Waals surface area contributed by atoms with Gasteiger partial charge in [0.1, 0.15) is 5.82 Å². The molecule has 0 N–H and O–H groups in total. The van der Waals surface area contributed by atoms with Crippen molar-refractivity contribution in [1.82, 2.24) is 9.97 Å². The minimum absolute atomic E-state index is 0.320. The van der Waals surface area contributed by atoms with Crippen molar-refractivity contribution in [3.05, 3.63) is 84.3 Å². The van der Waals surface area contributed by atoms with E-state index in [-0.39, 0.29) is 4.90 Å². The smallest absolute Gasteiger partial charge is 0.332 e. The van der Waals surface area contributed by atoms with E-state index in [9.17, 15) is 12.3 Å². The highest BCUT2D eigenvalue weighted by molar-refractivity contribution is 7.86. The number of pyridine rings is 2. The minimum atomic E-state index is -4.66. The summed E-state index contributed by atoms with van der Waals surface area (Å²) in [7, 11) is -4.66. The normalized spacial score (nSPS) is 11.3. The zero-order valence-electron chi connectivity index (χ0n) is 14.0. The van der Waals surface area contributed by atoms with E-state index in [0.29, 0.717) is 19.5 Å². The first-order chi connectivity index (χ1) is 12.5. The summed E-state index contributed by atoms with van der Waals surface area (Å²) in [4.78, 5) is 10.3. The fraction of sp³-hybridized carbons (Fsp3) is 0.158. The zero-order valence-corrected chi connectivity index (χ0v) is 14.8. The second-order valence-electron chi connectivity index (χ2n) is 5.80. The molecule has 7 heteroatoms. The fourth-order valence-electron chi connectivity index (χ4n) is 2.61. The number of nitrogens with zero attached hydrogens (tertiary/aromatic N) is 3. The van der Waals surface area contributed by atoms with E-state index < -0.39 is 10.2 Å². The van der Waals surface area contributed by atoms with Crippen LogP contribution in [-0.4, -0.2) is 24.9 Å². The van der Waals surface area contributed by atoms with Gasteiger partial charge in [-0.1, -0.05) is 18.2 Å². The van der Waals surface area contributed by atoms with Crippen molar-refractivity contribution >= 4 is 16.0 Å². The standard InChI is InChI=1S/C19H18FN3O2S/c20-26(24,25)18-6-4-16(5-7-18)10-14-23(19-3-1-2-11-22-19)15-17-8-12-21-13-9-17/h1-9,11-13H,10,14-15H2. The summed E-state index contributed by atoms with van der Waals surface area (Å²) >= 11 is 0. The van der Waals surface area contributed by atoms with E-state index in [1.807, 2.05) is 30.3 Å². The van der Waals surface area contributed by atoms with Gasteiger partial charge in [0, 0.05) is 31.7 Å². The molecule has 0 saturated heterocycles. The Morgan fingerprint density at radius 3 is 2.23 bits per heavy atom. The van der Waals surface area contributed by atoms with Gasteiger partial charge in [0.25, 0.3) is 0 Å². The number of halogens is 1. The summed E-state index contributed by atoms with van der Waals surface area (Å²) < 4.78 is 34.8. The lowest BCUT2D eigenvalue weighted by atomic mass is 10.1. The molecule has 1 aromatic carbocycles. The van der Waals surface area contributed by atoms with Crippen LogP contribution >= 0.6 is 0 Å². The fourth-order valence-corrected chi connectivity index (χ4v) is 3.07. The van der Waals surface area contributed by atoms with Crippen LogP contribution in [0.4, 0.5) is 9.70 Å². The molecule has 0 bridgehead atoms. The number of anilines is 1. The summed E-state index contributed by atoms with van der Waals surface area (Å²) in [6.07, 6.45) is 5.92. The van der Waals surface area contributed by atoms with Crippen molar-refractivity contribution in [2.75, 3.05) is 11.4 Å². The molecule has 2 heterocycles. The largest absolute Gasteiger partial charge is 0.352 e. The van der Waals surface area contributed by atoms with Gasteiger partial charge in [-0.25, -0.2) is 4.98 Å². The van der Waals surface area contributed by atoms with E-state index in [0.717, 1.165) is 16.9 Å². The molecule has 0 saturated carbocycles. The molecule has 0 radical (unpaired) electrons. The highest BCUT2D eigenvalue weighted by Gasteiger charge is 2.12. The topological polar surface area (TPSA) is 63.2 Å². The molecule has 0 aliphatic heterocycles. The maximum absolute atomic E-state index is 13.0. The highest BCUT2D eigenvalue weighted by atomic mass is 32.3. The lowest BCUT2D eigenvalue weighted by Gasteiger charge is -2.24. The van der Waals surface area contributed by atoms with Gasteiger partial charge in [0.05, 0.1) is 4.90 Å². The molecule has 0 aliphatic carbocycles. The van der Waals surface area contributed by atoms with E-state index in [2.05, 4.69) is 14.9 Å². The molecule has 0 aliphatic rings. The summed E-state index contributed by atoms with van der Waals surface area (Å²) in [6, 6.07) is 15.5. The number of benzene rings is 1. The summed E-state index contributed by atoms with van der Waals surface area (Å²) in [5, 5.41) is 0. The molecule has 3 aromatic rings. The molecule has 2 aromatic heterocycles. The first-order valence-corrected chi connectivity index (χ1v) is 9.49. The van der Waals surface area contributed by atoms with Gasteiger partial charge in [0.15, 0.2) is 0 Å². The van der Waals surface area contributed by atoms with E-state index >= 15 is 0 Å². The van der Waals surface area contributed by atoms with Gasteiger partial charge in [-0.15, -0.1) is 3.89 Å². The minimum Gasteiger partial charge on any atom is -0.352 e. The molecule has 5 nitrogen and oxygen atoms in total. The molecule has 0 fully saturated rings. The molecule has 26 heavy (non-hydrogen) atoms. The van der Waals surface area contributed by atoms with Gasteiger partial charge in [-0.2, -0.15) is 8.42 Å². The molecule has 0 amide bonds. The Morgan fingerprint density at radius 2 is 1.62 bits per heavy atom. The van der Waals surface area contributed by atoms with Gasteiger partial charge < -0.3 is 4.90 Å². The van der Waals surface area contributed by atoms with Gasteiger partial charge in [0.2, 0.25) is 0 Å². The lowest BCUT2D eigenvalue weighted by Crippen LogP contribution is -2.26. The maximum Gasteiger partial charge on any atom is 0.332 e. The maximum atomic E-state index is 13.0. The Morgan fingerprint density at radius 1 is 0.885 bits per heavy atom. The number of aromatic nitrogens is 2. The second kappa shape index (κ2) is 8.05. The first kappa shape index (κ1) is 18.0. The molecule has 0 spiro atoms. The second-order valence-corrected chi connectivity index (χ2v) is 7.14. The quantitative estimate of drug-likeness (QED) is 0.596. The monoisotopic (exact) mass is 371 g/mol. The van der Waals surface area contributed by atoms with Gasteiger partial charge in [-0.3, -0.25) is 4.98 Å². The number of rotatable bonds is 7. The van der Waals surface area contributed by atoms with Crippen LogP contribution in [0.15, 0.2) is 78.1 Å². The van der Waals surface area contributed by atoms with Crippen molar-refractivity contribution in [3.8, 4) is 0 Å². The predicted molar refractivity (Wildman–Crippen MR) is 98.0 cm³/mol. The molecule has 0 atom stereocenters. The average Bonchev–Trinajstić information content (AvgIpc) is 2.66. The van der Waals surface area contributed by atoms with Crippen molar-refractivity contribution in [1.29, 1.82) is 0 Å². The van der Waals surface area contributed by atoms with E-state index in [4.69, 9.17) is 0 Å². The molecule has 0 unspecified atom stereocenters. The first-order valence-electron chi connectivity index (χ1n) is 8.11. The third kappa shape index (κ3) is 4.86. The molecule has 134 valence electrons. The molecule has 3 rings (SSSR count). The zero-order chi connectivity index (χ0) is 18.4. The Labute approximate surface area is 152 Å². The molecular formula is C19H18FN3O2S. The van der Waals surface area contributed by atoms with Crippen molar-refractivity contribution < 1.29 is 12.3 Å². The van der Waals surface area contributed by atoms with E-state index in [1.165, 1.54) is 12.1 Å². The van der Waals surface area contributed by atoms with Crippen molar-refractivity contribution in [2.24, 2.45) is 0 Å². The molecular weight excluding hydrogens is 353 g/mol. The summed E-state index contributed by atoms with van der Waals surface area (Å²) in [5.74, 6) is 0.854. The highest BCUT2D eigenvalue weighted by Crippen LogP contribution is 2.17. The Kier molecular flexibility index (Phi) is 5.58. The number of hydrogen-bond donors (Lipinski definition) is 0. The van der Waals surface area contributed by atoms with Gasteiger partial charge >= 0.3 is 10.2 Å². The lowest BCUT2D eigenvalue weighted by molar-refractivity contribution is 0.552. The third-order valence-electron chi connectivity index (χ3n) is 3.97. The van der Waals surface area contributed by atoms with Crippen molar-refractivity contribution in [3.63, 3.8) is 0 Å². The van der Waals surface area contributed by atoms with Crippen LogP contribution in [0.2, 0.25) is 0 Å². The Bertz CT molecular complexity index is 934. The SMILES string of the molecule is O=S(=O)(F)c1ccc(CCN(Cc2ccncc2)c2ccccn2)cc1. The summed E-state index contributed by atoms with van der Waals surface area (Å²) in [5.41, 5.74) is 2.04.